The second-order valence-electron chi connectivity index (χ2n) is 5.46. The molecule has 27 heavy (non-hydrogen) atoms. The molecule has 1 heterocycles. The van der Waals surface area contributed by atoms with Gasteiger partial charge in [0.05, 0.1) is 15.6 Å². The number of rotatable bonds is 5. The molecule has 140 valence electrons. The predicted molar refractivity (Wildman–Crippen MR) is 99.2 cm³/mol. The number of sulfonamides is 1. The van der Waals surface area contributed by atoms with Crippen LogP contribution in [0.2, 0.25) is 5.02 Å². The van der Waals surface area contributed by atoms with E-state index in [0.29, 0.717) is 16.3 Å². The molecule has 0 fully saturated rings. The van der Waals surface area contributed by atoms with Crippen molar-refractivity contribution >= 4 is 45.0 Å². The van der Waals surface area contributed by atoms with Crippen LogP contribution in [0.3, 0.4) is 0 Å². The van der Waals surface area contributed by atoms with Crippen LogP contribution in [0.25, 0.3) is 0 Å². The second-order valence-corrected chi connectivity index (χ2v) is 7.51. The van der Waals surface area contributed by atoms with E-state index in [1.54, 1.807) is 42.5 Å². The normalized spacial score (nSPS) is 15.7. The maximum Gasteiger partial charge on any atom is 0.328 e. The van der Waals surface area contributed by atoms with Crippen molar-refractivity contribution in [2.24, 2.45) is 4.99 Å². The van der Waals surface area contributed by atoms with E-state index in [1.807, 2.05) is 0 Å². The van der Waals surface area contributed by atoms with Crippen molar-refractivity contribution in [3.05, 3.63) is 59.1 Å². The number of anilines is 1. The number of nitrogens with zero attached hydrogens (tertiary/aromatic N) is 1. The topological polar surface area (TPSA) is 114 Å². The number of ether oxygens (including phenoxy) is 1. The Bertz CT molecular complexity index is 1040. The minimum absolute atomic E-state index is 0.0584. The van der Waals surface area contributed by atoms with E-state index in [9.17, 15) is 18.0 Å². The van der Waals surface area contributed by atoms with Gasteiger partial charge in [-0.1, -0.05) is 35.9 Å². The van der Waals surface area contributed by atoms with Crippen molar-refractivity contribution in [3.8, 4) is 0 Å². The Morgan fingerprint density at radius 1 is 1.11 bits per heavy atom. The number of fused-ring (bicyclic) bond motifs is 1. The molecular formula is C17H14ClN3O5S. The molecule has 1 amide bonds. The maximum absolute atomic E-state index is 12.0. The van der Waals surface area contributed by atoms with Crippen LogP contribution in [0, 0.1) is 0 Å². The summed E-state index contributed by atoms with van der Waals surface area (Å²) in [6.07, 6.45) is 0. The number of para-hydroxylation sites is 1. The number of esters is 1. The number of carbonyl (C=O) groups is 2. The van der Waals surface area contributed by atoms with Gasteiger partial charge in [0, 0.05) is 5.56 Å². The van der Waals surface area contributed by atoms with Crippen LogP contribution in [0.15, 0.2) is 58.4 Å². The summed E-state index contributed by atoms with van der Waals surface area (Å²) in [6, 6.07) is 12.9. The van der Waals surface area contributed by atoms with E-state index in [2.05, 4.69) is 15.0 Å². The highest BCUT2D eigenvalue weighted by atomic mass is 35.5. The molecule has 0 unspecified atom stereocenters. The van der Waals surface area contributed by atoms with Crippen molar-refractivity contribution in [2.75, 3.05) is 18.5 Å². The zero-order valence-electron chi connectivity index (χ0n) is 13.8. The fraction of sp³-hybridized carbons (Fsp3) is 0.118. The molecule has 0 bridgehead atoms. The lowest BCUT2D eigenvalue weighted by Crippen LogP contribution is -2.25. The fourth-order valence-electron chi connectivity index (χ4n) is 2.34. The molecule has 0 spiro atoms. The fourth-order valence-corrected chi connectivity index (χ4v) is 3.77. The Balaban J connectivity index is 1.55. The van der Waals surface area contributed by atoms with Gasteiger partial charge in [0.25, 0.3) is 15.9 Å². The molecule has 0 aliphatic carbocycles. The molecular weight excluding hydrogens is 394 g/mol. The number of halogens is 1. The Kier molecular flexibility index (Phi) is 5.43. The number of aliphatic imine (C=N–C) groups is 1. The summed E-state index contributed by atoms with van der Waals surface area (Å²) in [5, 5.41) is 2.87. The molecule has 0 saturated carbocycles. The molecule has 2 aromatic rings. The van der Waals surface area contributed by atoms with E-state index in [1.165, 1.54) is 6.07 Å². The molecule has 8 nitrogen and oxygen atoms in total. The lowest BCUT2D eigenvalue weighted by molar-refractivity contribution is -0.145. The van der Waals surface area contributed by atoms with E-state index in [-0.39, 0.29) is 10.7 Å². The average molecular weight is 408 g/mol. The summed E-state index contributed by atoms with van der Waals surface area (Å²) in [6.45, 7) is -0.956. The van der Waals surface area contributed by atoms with Gasteiger partial charge < -0.3 is 10.1 Å². The van der Waals surface area contributed by atoms with Gasteiger partial charge in [0.15, 0.2) is 6.61 Å². The molecule has 1 aliphatic heterocycles. The minimum Gasteiger partial charge on any atom is -0.454 e. The highest BCUT2D eigenvalue weighted by molar-refractivity contribution is 7.90. The van der Waals surface area contributed by atoms with Gasteiger partial charge in [-0.15, -0.1) is 0 Å². The van der Waals surface area contributed by atoms with Crippen molar-refractivity contribution in [3.63, 3.8) is 0 Å². The number of amidine groups is 1. The molecule has 1 aliphatic rings. The number of hydrogen-bond acceptors (Lipinski definition) is 6. The van der Waals surface area contributed by atoms with Crippen molar-refractivity contribution < 1.29 is 22.7 Å². The largest absolute Gasteiger partial charge is 0.454 e. The minimum atomic E-state index is -3.68. The van der Waals surface area contributed by atoms with Crippen molar-refractivity contribution in [1.29, 1.82) is 0 Å². The summed E-state index contributed by atoms with van der Waals surface area (Å²) < 4.78 is 31.0. The Labute approximate surface area is 160 Å². The number of hydrogen-bond donors (Lipinski definition) is 2. The van der Waals surface area contributed by atoms with Gasteiger partial charge >= 0.3 is 5.97 Å². The summed E-state index contributed by atoms with van der Waals surface area (Å²) in [5.74, 6) is -1.28. The smallest absolute Gasteiger partial charge is 0.328 e. The summed E-state index contributed by atoms with van der Waals surface area (Å²) in [7, 11) is -3.68. The average Bonchev–Trinajstić information content (AvgIpc) is 2.91. The standard InChI is InChI=1S/C17H14ClN3O5S/c18-12-6-2-3-7-13(12)20-15(22)10-26-16(23)9-19-17-11-5-1-4-8-14(11)27(24,25)21-17/h1-8H,9-10H2,(H,19,21)(H,20,22). The first-order valence-corrected chi connectivity index (χ1v) is 9.59. The Morgan fingerprint density at radius 2 is 1.81 bits per heavy atom. The van der Waals surface area contributed by atoms with Crippen LogP contribution in [-0.4, -0.2) is 39.3 Å². The van der Waals surface area contributed by atoms with Crippen LogP contribution < -0.4 is 10.0 Å². The first kappa shape index (κ1) is 18.9. The SMILES string of the molecule is O=C(COC(=O)CN=C1NS(=O)(=O)c2ccccc21)Nc1ccccc1Cl. The van der Waals surface area contributed by atoms with E-state index < -0.39 is 35.1 Å². The van der Waals surface area contributed by atoms with Gasteiger partial charge in [-0.05, 0) is 24.3 Å². The third kappa shape index (κ3) is 4.44. The molecule has 0 aromatic heterocycles. The number of benzene rings is 2. The highest BCUT2D eigenvalue weighted by Gasteiger charge is 2.30. The molecule has 0 radical (unpaired) electrons. The summed E-state index contributed by atoms with van der Waals surface area (Å²) >= 11 is 5.92. The van der Waals surface area contributed by atoms with Crippen LogP contribution in [0.5, 0.6) is 0 Å². The lowest BCUT2D eigenvalue weighted by Gasteiger charge is -2.07. The highest BCUT2D eigenvalue weighted by Crippen LogP contribution is 2.22. The maximum atomic E-state index is 12.0. The van der Waals surface area contributed by atoms with Gasteiger partial charge in [0.1, 0.15) is 12.4 Å². The van der Waals surface area contributed by atoms with Gasteiger partial charge in [-0.3, -0.25) is 19.3 Å². The van der Waals surface area contributed by atoms with Crippen LogP contribution >= 0.6 is 11.6 Å². The van der Waals surface area contributed by atoms with Gasteiger partial charge in [0.2, 0.25) is 0 Å². The van der Waals surface area contributed by atoms with Crippen molar-refractivity contribution in [1.82, 2.24) is 4.72 Å². The molecule has 0 atom stereocenters. The number of amides is 1. The second kappa shape index (κ2) is 7.77. The predicted octanol–water partition coefficient (Wildman–Crippen LogP) is 1.56. The zero-order chi connectivity index (χ0) is 19.4. The van der Waals surface area contributed by atoms with E-state index in [4.69, 9.17) is 16.3 Å². The third-order valence-corrected chi connectivity index (χ3v) is 5.27. The zero-order valence-corrected chi connectivity index (χ0v) is 15.4. The van der Waals surface area contributed by atoms with E-state index >= 15 is 0 Å². The molecule has 2 N–H and O–H groups in total. The molecule has 10 heteroatoms. The Hall–Kier alpha value is -2.91. The quantitative estimate of drug-likeness (QED) is 0.730. The Morgan fingerprint density at radius 3 is 2.59 bits per heavy atom. The lowest BCUT2D eigenvalue weighted by atomic mass is 10.2. The van der Waals surface area contributed by atoms with Crippen LogP contribution in [0.4, 0.5) is 5.69 Å². The number of carbonyl (C=O) groups excluding carboxylic acids is 2. The first-order valence-electron chi connectivity index (χ1n) is 7.73. The van der Waals surface area contributed by atoms with Crippen molar-refractivity contribution in [2.45, 2.75) is 4.90 Å². The summed E-state index contributed by atoms with van der Waals surface area (Å²) in [5.41, 5.74) is 0.777. The van der Waals surface area contributed by atoms with Crippen LogP contribution in [-0.2, 0) is 24.3 Å². The van der Waals surface area contributed by atoms with Gasteiger partial charge in [-0.2, -0.15) is 0 Å². The van der Waals surface area contributed by atoms with Crippen LogP contribution in [0.1, 0.15) is 5.56 Å². The monoisotopic (exact) mass is 407 g/mol. The number of nitrogens with one attached hydrogen (secondary N) is 2. The third-order valence-electron chi connectivity index (χ3n) is 3.54. The van der Waals surface area contributed by atoms with Gasteiger partial charge in [-0.25, -0.2) is 8.42 Å². The first-order chi connectivity index (χ1) is 12.9. The molecule has 2 aromatic carbocycles. The molecule has 3 rings (SSSR count). The summed E-state index contributed by atoms with van der Waals surface area (Å²) in [4.78, 5) is 27.6. The molecule has 0 saturated heterocycles. The van der Waals surface area contributed by atoms with E-state index in [0.717, 1.165) is 0 Å².